The topological polar surface area (TPSA) is 55.9 Å². The maximum absolute atomic E-state index is 13.7. The summed E-state index contributed by atoms with van der Waals surface area (Å²) in [4.78, 5) is 33.1. The number of likely N-dealkylation sites (N-methyl/N-ethyl adjacent to an activating group) is 1. The number of carbonyl (C=O) groups is 2. The fourth-order valence-electron chi connectivity index (χ4n) is 6.06. The van der Waals surface area contributed by atoms with E-state index >= 15 is 0 Å². The lowest BCUT2D eigenvalue weighted by molar-refractivity contribution is -0.132. The Morgan fingerprint density at radius 1 is 0.975 bits per heavy atom. The molecule has 0 saturated carbocycles. The number of likely N-dealkylation sites (tertiary alicyclic amines) is 1. The molecule has 1 atom stereocenters. The Morgan fingerprint density at radius 2 is 1.65 bits per heavy atom. The van der Waals surface area contributed by atoms with Crippen molar-refractivity contribution in [1.29, 1.82) is 0 Å². The Hall–Kier alpha value is -3.06. The van der Waals surface area contributed by atoms with E-state index in [-0.39, 0.29) is 17.7 Å². The number of benzene rings is 3. The van der Waals surface area contributed by atoms with E-state index in [0.717, 1.165) is 55.7 Å². The molecule has 0 radical (unpaired) electrons. The molecule has 1 spiro atoms. The van der Waals surface area contributed by atoms with Crippen LogP contribution in [0, 0.1) is 0 Å². The van der Waals surface area contributed by atoms with E-state index in [1.807, 2.05) is 67.7 Å². The van der Waals surface area contributed by atoms with E-state index in [4.69, 9.17) is 23.2 Å². The lowest BCUT2D eigenvalue weighted by Crippen LogP contribution is -2.56. The van der Waals surface area contributed by atoms with Gasteiger partial charge in [-0.25, -0.2) is 0 Å². The molecule has 0 bridgehead atoms. The molecule has 0 aromatic heterocycles. The molecule has 8 heteroatoms. The number of rotatable bonds is 9. The number of para-hydroxylation sites is 1. The number of nitrogens with one attached hydrogen (secondary N) is 1. The van der Waals surface area contributed by atoms with E-state index in [9.17, 15) is 9.59 Å². The summed E-state index contributed by atoms with van der Waals surface area (Å²) in [7, 11) is 1.86. The molecule has 3 aromatic rings. The number of hydrogen-bond donors (Lipinski definition) is 1. The average molecular weight is 580 g/mol. The predicted molar refractivity (Wildman–Crippen MR) is 162 cm³/mol. The second kappa shape index (κ2) is 12.6. The van der Waals surface area contributed by atoms with Gasteiger partial charge >= 0.3 is 0 Å². The summed E-state index contributed by atoms with van der Waals surface area (Å²) in [6, 6.07) is 25.7. The largest absolute Gasteiger partial charge is 0.341 e. The zero-order valence-corrected chi connectivity index (χ0v) is 24.4. The van der Waals surface area contributed by atoms with Crippen LogP contribution in [-0.4, -0.2) is 60.5 Å². The molecule has 2 fully saturated rings. The highest BCUT2D eigenvalue weighted by molar-refractivity contribution is 6.42. The smallest absolute Gasteiger partial charge is 0.247 e. The lowest BCUT2D eigenvalue weighted by Gasteiger charge is -2.43. The third-order valence-corrected chi connectivity index (χ3v) is 9.08. The van der Waals surface area contributed by atoms with Crippen LogP contribution in [0.1, 0.15) is 42.7 Å². The van der Waals surface area contributed by atoms with Gasteiger partial charge in [0.25, 0.3) is 0 Å². The third-order valence-electron chi connectivity index (χ3n) is 8.34. The Bertz CT molecular complexity index is 1310. The molecule has 1 unspecified atom stereocenters. The first-order chi connectivity index (χ1) is 19.4. The summed E-state index contributed by atoms with van der Waals surface area (Å²) in [5, 5.41) is 4.02. The molecule has 6 nitrogen and oxygen atoms in total. The van der Waals surface area contributed by atoms with Crippen molar-refractivity contribution in [2.45, 2.75) is 43.7 Å². The van der Waals surface area contributed by atoms with Crippen LogP contribution in [0.15, 0.2) is 78.9 Å². The molecule has 2 aliphatic rings. The molecule has 2 amide bonds. The highest BCUT2D eigenvalue weighted by Gasteiger charge is 2.50. The van der Waals surface area contributed by atoms with E-state index in [1.165, 1.54) is 0 Å². The second-order valence-corrected chi connectivity index (χ2v) is 11.7. The maximum Gasteiger partial charge on any atom is 0.247 e. The zero-order chi connectivity index (χ0) is 28.1. The molecule has 2 aliphatic heterocycles. The lowest BCUT2D eigenvalue weighted by atomic mass is 9.85. The average Bonchev–Trinajstić information content (AvgIpc) is 3.29. The molecule has 40 heavy (non-hydrogen) atoms. The highest BCUT2D eigenvalue weighted by atomic mass is 35.5. The predicted octanol–water partition coefficient (Wildman–Crippen LogP) is 5.94. The van der Waals surface area contributed by atoms with Crippen LogP contribution in [0.5, 0.6) is 0 Å². The van der Waals surface area contributed by atoms with Crippen molar-refractivity contribution in [3.63, 3.8) is 0 Å². The first kappa shape index (κ1) is 28.5. The first-order valence-electron chi connectivity index (χ1n) is 13.9. The summed E-state index contributed by atoms with van der Waals surface area (Å²) >= 11 is 12.5. The highest BCUT2D eigenvalue weighted by Crippen LogP contribution is 2.36. The van der Waals surface area contributed by atoms with Crippen LogP contribution in [0.2, 0.25) is 10.0 Å². The quantitative estimate of drug-likeness (QED) is 0.341. The van der Waals surface area contributed by atoms with Gasteiger partial charge in [-0.2, -0.15) is 0 Å². The Labute approximate surface area is 246 Å². The number of hydrogen-bond acceptors (Lipinski definition) is 4. The van der Waals surface area contributed by atoms with Gasteiger partial charge in [-0.3, -0.25) is 9.59 Å². The van der Waals surface area contributed by atoms with Crippen LogP contribution in [-0.2, 0) is 16.1 Å². The third kappa shape index (κ3) is 6.14. The number of carbonyl (C=O) groups excluding carboxylic acids is 2. The van der Waals surface area contributed by atoms with Crippen molar-refractivity contribution in [1.82, 2.24) is 15.1 Å². The van der Waals surface area contributed by atoms with E-state index in [2.05, 4.69) is 27.2 Å². The SMILES string of the molecule is CN(Cc1ccccc1)C(=O)C(CCCN1CCC2(CC1)C(=O)NCN2c1ccccc1)c1ccc(Cl)c(Cl)c1. The van der Waals surface area contributed by atoms with E-state index < -0.39 is 5.54 Å². The van der Waals surface area contributed by atoms with Crippen LogP contribution < -0.4 is 10.2 Å². The number of halogens is 2. The van der Waals surface area contributed by atoms with Crippen molar-refractivity contribution in [3.8, 4) is 0 Å². The maximum atomic E-state index is 13.7. The number of anilines is 1. The van der Waals surface area contributed by atoms with Gasteiger partial charge in [0.1, 0.15) is 5.54 Å². The van der Waals surface area contributed by atoms with E-state index in [1.54, 1.807) is 11.0 Å². The number of nitrogens with zero attached hydrogens (tertiary/aromatic N) is 3. The summed E-state index contributed by atoms with van der Waals surface area (Å²) in [5.74, 6) is -0.113. The molecule has 210 valence electrons. The molecular formula is C32H36Cl2N4O2. The van der Waals surface area contributed by atoms with Gasteiger partial charge < -0.3 is 20.0 Å². The normalized spacial score (nSPS) is 17.6. The Balaban J connectivity index is 1.22. The fraction of sp³-hybridized carbons (Fsp3) is 0.375. The minimum absolute atomic E-state index is 0.0703. The standard InChI is InChI=1S/C32H36Cl2N4O2/c1-36(22-24-9-4-2-5-10-24)30(39)27(25-14-15-28(33)29(34)21-25)13-8-18-37-19-16-32(17-20-37)31(40)35-23-38(32)26-11-6-3-7-12-26/h2-7,9-12,14-15,21,27H,8,13,16-20,22-23H2,1H3,(H,35,40). The van der Waals surface area contributed by atoms with Gasteiger partial charge in [0.05, 0.1) is 22.6 Å². The van der Waals surface area contributed by atoms with Gasteiger partial charge in [0, 0.05) is 32.4 Å². The van der Waals surface area contributed by atoms with Crippen molar-refractivity contribution >= 4 is 40.7 Å². The Kier molecular flexibility index (Phi) is 8.99. The zero-order valence-electron chi connectivity index (χ0n) is 22.9. The van der Waals surface area contributed by atoms with Crippen LogP contribution in [0.4, 0.5) is 5.69 Å². The summed E-state index contributed by atoms with van der Waals surface area (Å²) < 4.78 is 0. The van der Waals surface area contributed by atoms with Crippen molar-refractivity contribution < 1.29 is 9.59 Å². The van der Waals surface area contributed by atoms with Crippen LogP contribution >= 0.6 is 23.2 Å². The minimum atomic E-state index is -0.490. The molecule has 2 saturated heterocycles. The number of piperidine rings is 1. The van der Waals surface area contributed by atoms with E-state index in [0.29, 0.717) is 29.7 Å². The van der Waals surface area contributed by atoms with Crippen molar-refractivity contribution in [2.24, 2.45) is 0 Å². The van der Waals surface area contributed by atoms with Gasteiger partial charge in [-0.05, 0) is 67.6 Å². The second-order valence-electron chi connectivity index (χ2n) is 10.8. The molecule has 3 aromatic carbocycles. The van der Waals surface area contributed by atoms with Gasteiger partial charge in [-0.15, -0.1) is 0 Å². The molecular weight excluding hydrogens is 543 g/mol. The molecule has 5 rings (SSSR count). The van der Waals surface area contributed by atoms with Gasteiger partial charge in [0.15, 0.2) is 0 Å². The first-order valence-corrected chi connectivity index (χ1v) is 14.7. The monoisotopic (exact) mass is 578 g/mol. The van der Waals surface area contributed by atoms with Crippen LogP contribution in [0.3, 0.4) is 0 Å². The van der Waals surface area contributed by atoms with Crippen molar-refractivity contribution in [2.75, 3.05) is 38.3 Å². The van der Waals surface area contributed by atoms with Crippen molar-refractivity contribution in [3.05, 3.63) is 100 Å². The summed E-state index contributed by atoms with van der Waals surface area (Å²) in [6.45, 7) is 3.65. The minimum Gasteiger partial charge on any atom is -0.341 e. The molecule has 0 aliphatic carbocycles. The van der Waals surface area contributed by atoms with Crippen LogP contribution in [0.25, 0.3) is 0 Å². The summed E-state index contributed by atoms with van der Waals surface area (Å²) in [5.41, 5.74) is 2.57. The molecule has 1 N–H and O–H groups in total. The summed E-state index contributed by atoms with van der Waals surface area (Å²) in [6.07, 6.45) is 3.12. The Morgan fingerprint density at radius 3 is 2.33 bits per heavy atom. The fourth-order valence-corrected chi connectivity index (χ4v) is 6.37. The number of amides is 2. The molecule has 2 heterocycles. The van der Waals surface area contributed by atoms with Gasteiger partial charge in [0.2, 0.25) is 11.8 Å². The van der Waals surface area contributed by atoms with Gasteiger partial charge in [-0.1, -0.05) is 77.8 Å².